The molecule has 1 aliphatic heterocycles. The van der Waals surface area contributed by atoms with Crippen molar-refractivity contribution in [3.63, 3.8) is 0 Å². The first-order valence-corrected chi connectivity index (χ1v) is 12.3. The molecule has 0 amide bonds. The Morgan fingerprint density at radius 1 is 0.441 bits per heavy atom. The lowest BCUT2D eigenvalue weighted by Crippen LogP contribution is -2.08. The summed E-state index contributed by atoms with van der Waals surface area (Å²) in [5.41, 5.74) is 18.6. The fraction of sp³-hybridized carbons (Fsp3) is 0.0909. The Morgan fingerprint density at radius 2 is 1.15 bits per heavy atom. The molecule has 0 N–H and O–H groups in total. The van der Waals surface area contributed by atoms with Gasteiger partial charge in [-0.25, -0.2) is 0 Å². The molecule has 0 bridgehead atoms. The van der Waals surface area contributed by atoms with E-state index in [0.717, 1.165) is 19.3 Å². The van der Waals surface area contributed by atoms with Crippen molar-refractivity contribution >= 4 is 21.8 Å². The summed E-state index contributed by atoms with van der Waals surface area (Å²) in [4.78, 5) is 0. The zero-order valence-electron chi connectivity index (χ0n) is 18.7. The van der Waals surface area contributed by atoms with Crippen LogP contribution >= 0.6 is 0 Å². The zero-order chi connectivity index (χ0) is 22.0. The first-order valence-electron chi connectivity index (χ1n) is 12.3. The molecule has 2 heterocycles. The summed E-state index contributed by atoms with van der Waals surface area (Å²) in [7, 11) is 0. The number of nitrogens with zero attached hydrogens (tertiary/aromatic N) is 1. The predicted octanol–water partition coefficient (Wildman–Crippen LogP) is 7.83. The first-order chi connectivity index (χ1) is 16.8. The molecule has 1 nitrogen and oxygen atoms in total. The van der Waals surface area contributed by atoms with E-state index < -0.39 is 0 Å². The third-order valence-corrected chi connectivity index (χ3v) is 8.43. The van der Waals surface area contributed by atoms with E-state index in [2.05, 4.69) is 95.6 Å². The summed E-state index contributed by atoms with van der Waals surface area (Å²) < 4.78 is 2.58. The maximum Gasteiger partial charge on any atom is 0.0582 e. The van der Waals surface area contributed by atoms with Gasteiger partial charge in [0.1, 0.15) is 0 Å². The van der Waals surface area contributed by atoms with E-state index in [4.69, 9.17) is 0 Å². The van der Waals surface area contributed by atoms with Crippen LogP contribution in [0, 0.1) is 0 Å². The van der Waals surface area contributed by atoms with E-state index in [1.165, 1.54) is 83.1 Å². The number of rotatable bonds is 0. The molecule has 0 unspecified atom stereocenters. The smallest absolute Gasteiger partial charge is 0.0582 e. The van der Waals surface area contributed by atoms with Crippen LogP contribution in [0.2, 0.25) is 0 Å². The van der Waals surface area contributed by atoms with E-state index in [0.29, 0.717) is 0 Å². The molecular formula is C33H21N. The summed E-state index contributed by atoms with van der Waals surface area (Å²) in [5, 5.41) is 2.77. The van der Waals surface area contributed by atoms with Gasteiger partial charge in [-0.15, -0.1) is 0 Å². The molecule has 0 saturated heterocycles. The average Bonchev–Trinajstić information content (AvgIpc) is 3.53. The third kappa shape index (κ3) is 1.98. The molecule has 1 aromatic heterocycles. The van der Waals surface area contributed by atoms with Crippen molar-refractivity contribution in [3.8, 4) is 27.9 Å². The monoisotopic (exact) mass is 431 g/mol. The van der Waals surface area contributed by atoms with Gasteiger partial charge in [-0.2, -0.15) is 0 Å². The fourth-order valence-electron chi connectivity index (χ4n) is 7.01. The third-order valence-electron chi connectivity index (χ3n) is 8.43. The van der Waals surface area contributed by atoms with Crippen LogP contribution in [0.4, 0.5) is 0 Å². The molecular weight excluding hydrogens is 410 g/mol. The number of aromatic nitrogens is 1. The Balaban J connectivity index is 1.36. The molecule has 6 aromatic rings. The second-order valence-corrected chi connectivity index (χ2v) is 10.1. The number of benzene rings is 5. The topological polar surface area (TPSA) is 4.93 Å². The molecule has 9 rings (SSSR count). The Bertz CT molecular complexity index is 1880. The van der Waals surface area contributed by atoms with Gasteiger partial charge >= 0.3 is 0 Å². The second-order valence-electron chi connectivity index (χ2n) is 10.1. The standard InChI is InChI=1S/C33H21N/c1-3-9-24-19(6-1)14-22-16-29-23(17-28(22)24)18-30-25(29)12-13-27-26-10-5-8-21-15-20-7-2-4-11-31(20)34(32(21)26)33(27)30/h1-13,16-17H,14-15,18H2. The molecule has 0 fully saturated rings. The highest BCUT2D eigenvalue weighted by Gasteiger charge is 2.30. The lowest BCUT2D eigenvalue weighted by molar-refractivity contribution is 1.04. The van der Waals surface area contributed by atoms with Crippen molar-refractivity contribution in [3.05, 3.63) is 124 Å². The van der Waals surface area contributed by atoms with Gasteiger partial charge < -0.3 is 4.57 Å². The summed E-state index contributed by atoms with van der Waals surface area (Å²) >= 11 is 0. The van der Waals surface area contributed by atoms with Crippen molar-refractivity contribution < 1.29 is 0 Å². The molecule has 5 aromatic carbocycles. The number of fused-ring (bicyclic) bond motifs is 12. The Hall–Kier alpha value is -4.10. The van der Waals surface area contributed by atoms with Crippen molar-refractivity contribution in [1.29, 1.82) is 0 Å². The molecule has 34 heavy (non-hydrogen) atoms. The van der Waals surface area contributed by atoms with Crippen molar-refractivity contribution in [1.82, 2.24) is 4.57 Å². The Labute approximate surface area is 197 Å². The summed E-state index contributed by atoms with van der Waals surface area (Å²) in [6.45, 7) is 0. The van der Waals surface area contributed by atoms with Gasteiger partial charge in [-0.1, -0.05) is 72.8 Å². The second kappa shape index (κ2) is 5.87. The summed E-state index contributed by atoms with van der Waals surface area (Å²) in [6, 6.07) is 34.5. The lowest BCUT2D eigenvalue weighted by atomic mass is 9.97. The maximum atomic E-state index is 2.58. The van der Waals surface area contributed by atoms with Gasteiger partial charge in [0.05, 0.1) is 11.0 Å². The Morgan fingerprint density at radius 3 is 2.09 bits per heavy atom. The van der Waals surface area contributed by atoms with Gasteiger partial charge in [-0.05, 0) is 80.3 Å². The van der Waals surface area contributed by atoms with Crippen LogP contribution in [0.25, 0.3) is 49.7 Å². The highest BCUT2D eigenvalue weighted by molar-refractivity contribution is 6.14. The average molecular weight is 432 g/mol. The molecule has 0 spiro atoms. The zero-order valence-corrected chi connectivity index (χ0v) is 18.7. The van der Waals surface area contributed by atoms with Crippen LogP contribution in [0.3, 0.4) is 0 Å². The van der Waals surface area contributed by atoms with Crippen LogP contribution < -0.4 is 0 Å². The van der Waals surface area contributed by atoms with Gasteiger partial charge in [0.15, 0.2) is 0 Å². The molecule has 2 aliphatic carbocycles. The summed E-state index contributed by atoms with van der Waals surface area (Å²) in [6.07, 6.45) is 3.07. The minimum Gasteiger partial charge on any atom is -0.308 e. The van der Waals surface area contributed by atoms with Crippen LogP contribution in [0.5, 0.6) is 0 Å². The number of hydrogen-bond donors (Lipinski definition) is 0. The van der Waals surface area contributed by atoms with E-state index in [9.17, 15) is 0 Å². The maximum absolute atomic E-state index is 2.58. The normalized spacial score (nSPS) is 14.1. The van der Waals surface area contributed by atoms with Gasteiger partial charge in [0, 0.05) is 29.3 Å². The van der Waals surface area contributed by atoms with Crippen LogP contribution in [0.1, 0.15) is 33.4 Å². The first kappa shape index (κ1) is 17.4. The van der Waals surface area contributed by atoms with Gasteiger partial charge in [0.25, 0.3) is 0 Å². The van der Waals surface area contributed by atoms with E-state index in [-0.39, 0.29) is 0 Å². The van der Waals surface area contributed by atoms with Crippen LogP contribution in [-0.2, 0) is 19.3 Å². The van der Waals surface area contributed by atoms with E-state index >= 15 is 0 Å². The molecule has 158 valence electrons. The largest absolute Gasteiger partial charge is 0.308 e. The minimum absolute atomic E-state index is 1.01. The predicted molar refractivity (Wildman–Crippen MR) is 140 cm³/mol. The van der Waals surface area contributed by atoms with Crippen LogP contribution in [-0.4, -0.2) is 4.57 Å². The number of para-hydroxylation sites is 2. The quantitative estimate of drug-likeness (QED) is 0.231. The van der Waals surface area contributed by atoms with Crippen molar-refractivity contribution in [2.24, 2.45) is 0 Å². The van der Waals surface area contributed by atoms with Gasteiger partial charge in [-0.3, -0.25) is 0 Å². The minimum atomic E-state index is 1.01. The SMILES string of the molecule is c1ccc2c(c1)Cc1cc3c(cc1-2)Cc1c-3ccc2c3cccc4c3n(c12)-c1ccccc1C4. The number of hydrogen-bond acceptors (Lipinski definition) is 0. The fourth-order valence-corrected chi connectivity index (χ4v) is 7.01. The molecule has 3 aliphatic rings. The highest BCUT2D eigenvalue weighted by Crippen LogP contribution is 2.49. The van der Waals surface area contributed by atoms with E-state index in [1.807, 2.05) is 0 Å². The molecule has 0 atom stereocenters. The molecule has 0 saturated carbocycles. The van der Waals surface area contributed by atoms with Gasteiger partial charge in [0.2, 0.25) is 0 Å². The molecule has 0 radical (unpaired) electrons. The lowest BCUT2D eigenvalue weighted by Gasteiger charge is -2.21. The van der Waals surface area contributed by atoms with Crippen LogP contribution in [0.15, 0.2) is 91.0 Å². The van der Waals surface area contributed by atoms with Crippen molar-refractivity contribution in [2.75, 3.05) is 0 Å². The molecule has 1 heteroatoms. The highest BCUT2D eigenvalue weighted by atomic mass is 15.0. The van der Waals surface area contributed by atoms with E-state index in [1.54, 1.807) is 0 Å². The Kier molecular flexibility index (Phi) is 3.00. The van der Waals surface area contributed by atoms with Crippen molar-refractivity contribution in [2.45, 2.75) is 19.3 Å². The summed E-state index contributed by atoms with van der Waals surface area (Å²) in [5.74, 6) is 0.